The number of hydrogen-bond acceptors (Lipinski definition) is 3. The number of rotatable bonds is 14. The molecule has 0 fully saturated rings. The normalized spacial score (nSPS) is 11.7. The SMILES string of the molecule is CCCCCCc1ccs[c]1[Ge]([CH3])([CH3])[CH2]Cc1ccc(OCCOCC)cc1. The van der Waals surface area contributed by atoms with E-state index < -0.39 is 13.3 Å². The Bertz CT molecular complexity index is 663. The molecule has 2 rings (SSSR count). The third-order valence-electron chi connectivity index (χ3n) is 5.32. The molecule has 0 spiro atoms. The van der Waals surface area contributed by atoms with E-state index in [1.54, 1.807) is 9.27 Å². The summed E-state index contributed by atoms with van der Waals surface area (Å²) in [5.74, 6) is 6.12. The van der Waals surface area contributed by atoms with Gasteiger partial charge in [0.2, 0.25) is 0 Å². The molecule has 0 unspecified atom stereocenters. The fourth-order valence-corrected chi connectivity index (χ4v) is 12.2. The molecule has 0 atom stereocenters. The van der Waals surface area contributed by atoms with Crippen molar-refractivity contribution in [1.82, 2.24) is 0 Å². The van der Waals surface area contributed by atoms with Gasteiger partial charge in [0.25, 0.3) is 0 Å². The molecule has 2 nitrogen and oxygen atoms in total. The van der Waals surface area contributed by atoms with Crippen molar-refractivity contribution in [3.8, 4) is 5.75 Å². The van der Waals surface area contributed by atoms with Crippen LogP contribution < -0.4 is 8.45 Å². The van der Waals surface area contributed by atoms with Gasteiger partial charge in [0.1, 0.15) is 0 Å². The Hall–Kier alpha value is -0.777. The van der Waals surface area contributed by atoms with Gasteiger partial charge in [-0.2, -0.15) is 0 Å². The summed E-state index contributed by atoms with van der Waals surface area (Å²) in [4.78, 5) is 0. The van der Waals surface area contributed by atoms with Crippen LogP contribution in [-0.2, 0) is 17.6 Å². The molecule has 1 aromatic heterocycles. The molecule has 156 valence electrons. The molecule has 1 heterocycles. The summed E-state index contributed by atoms with van der Waals surface area (Å²) < 4.78 is 12.8. The van der Waals surface area contributed by atoms with Crippen LogP contribution in [0.5, 0.6) is 5.75 Å². The minimum absolute atomic E-state index is 0.620. The number of aryl methyl sites for hydroxylation is 2. The zero-order valence-electron chi connectivity index (χ0n) is 18.3. The Morgan fingerprint density at radius 2 is 1.68 bits per heavy atom. The standard InChI is InChI=1S/C24H38GeO2S/c1-5-7-8-9-10-22-16-20-28-24(22)25(3,4)17-15-21-11-13-23(14-12-21)27-19-18-26-6-2/h11-14,16,20H,5-10,15,17-19H2,1-4H3. The first-order chi connectivity index (χ1) is 13.6. The van der Waals surface area contributed by atoms with Crippen molar-refractivity contribution in [3.63, 3.8) is 0 Å². The molecule has 1 aromatic carbocycles. The van der Waals surface area contributed by atoms with Crippen LogP contribution in [0.3, 0.4) is 0 Å². The minimum atomic E-state index is -1.96. The first-order valence-electron chi connectivity index (χ1n) is 10.9. The molecule has 28 heavy (non-hydrogen) atoms. The van der Waals surface area contributed by atoms with Gasteiger partial charge in [0, 0.05) is 0 Å². The summed E-state index contributed by atoms with van der Waals surface area (Å²) in [5.41, 5.74) is 3.08. The molecule has 0 aliphatic heterocycles. The molecule has 0 saturated heterocycles. The first-order valence-corrected chi connectivity index (χ1v) is 18.5. The molecule has 0 aliphatic rings. The van der Waals surface area contributed by atoms with Crippen LogP contribution in [0.1, 0.15) is 50.7 Å². The van der Waals surface area contributed by atoms with E-state index in [2.05, 4.69) is 54.1 Å². The Morgan fingerprint density at radius 3 is 2.39 bits per heavy atom. The Morgan fingerprint density at radius 1 is 0.893 bits per heavy atom. The van der Waals surface area contributed by atoms with Crippen LogP contribution >= 0.6 is 11.3 Å². The third-order valence-corrected chi connectivity index (χ3v) is 16.1. The zero-order chi connectivity index (χ0) is 20.2. The third kappa shape index (κ3) is 7.92. The van der Waals surface area contributed by atoms with E-state index in [-0.39, 0.29) is 0 Å². The molecular weight excluding hydrogens is 425 g/mol. The monoisotopic (exact) mass is 464 g/mol. The van der Waals surface area contributed by atoms with Crippen LogP contribution in [0.4, 0.5) is 0 Å². The maximum atomic E-state index is 5.73. The summed E-state index contributed by atoms with van der Waals surface area (Å²) in [6.45, 7) is 6.31. The summed E-state index contributed by atoms with van der Waals surface area (Å²) in [6, 6.07) is 11.1. The number of benzene rings is 1. The van der Waals surface area contributed by atoms with Crippen molar-refractivity contribution >= 4 is 28.3 Å². The Labute approximate surface area is 179 Å². The molecule has 2 aromatic rings. The van der Waals surface area contributed by atoms with Crippen LogP contribution in [0.25, 0.3) is 0 Å². The Kier molecular flexibility index (Phi) is 10.7. The molecule has 4 heteroatoms. The van der Waals surface area contributed by atoms with Crippen molar-refractivity contribution in [3.05, 3.63) is 46.8 Å². The van der Waals surface area contributed by atoms with Crippen molar-refractivity contribution < 1.29 is 9.47 Å². The van der Waals surface area contributed by atoms with E-state index in [9.17, 15) is 0 Å². The van der Waals surface area contributed by atoms with Gasteiger partial charge in [-0.3, -0.25) is 0 Å². The quantitative estimate of drug-likeness (QED) is 0.237. The van der Waals surface area contributed by atoms with Gasteiger partial charge in [0.15, 0.2) is 0 Å². The van der Waals surface area contributed by atoms with E-state index in [4.69, 9.17) is 9.47 Å². The number of hydrogen-bond donors (Lipinski definition) is 0. The number of unbranched alkanes of at least 4 members (excludes halogenated alkanes) is 3. The fourth-order valence-electron chi connectivity index (χ4n) is 3.55. The topological polar surface area (TPSA) is 18.5 Å². The average molecular weight is 463 g/mol. The van der Waals surface area contributed by atoms with Gasteiger partial charge in [0.05, 0.1) is 0 Å². The van der Waals surface area contributed by atoms with Crippen LogP contribution in [0.2, 0.25) is 16.8 Å². The van der Waals surface area contributed by atoms with Gasteiger partial charge in [-0.1, -0.05) is 0 Å². The molecule has 0 aliphatic carbocycles. The molecular formula is C24H38GeO2S. The van der Waals surface area contributed by atoms with Gasteiger partial charge in [-0.05, 0) is 0 Å². The van der Waals surface area contributed by atoms with Crippen LogP contribution in [0, 0.1) is 0 Å². The van der Waals surface area contributed by atoms with Crippen LogP contribution in [-0.4, -0.2) is 33.1 Å². The second-order valence-electron chi connectivity index (χ2n) is 8.16. The van der Waals surface area contributed by atoms with Gasteiger partial charge in [-0.15, -0.1) is 0 Å². The zero-order valence-corrected chi connectivity index (χ0v) is 21.2. The maximum absolute atomic E-state index is 5.73. The van der Waals surface area contributed by atoms with Gasteiger partial charge >= 0.3 is 179 Å². The summed E-state index contributed by atoms with van der Waals surface area (Å²) in [5, 5.41) is 3.68. The van der Waals surface area contributed by atoms with Gasteiger partial charge in [-0.25, -0.2) is 0 Å². The number of thiophene rings is 1. The van der Waals surface area contributed by atoms with Crippen molar-refractivity contribution in [2.45, 2.75) is 69.1 Å². The molecule has 0 saturated carbocycles. The summed E-state index contributed by atoms with van der Waals surface area (Å²) in [6.07, 6.45) is 7.87. The van der Waals surface area contributed by atoms with Gasteiger partial charge < -0.3 is 0 Å². The predicted molar refractivity (Wildman–Crippen MR) is 126 cm³/mol. The van der Waals surface area contributed by atoms with E-state index in [1.165, 1.54) is 49.3 Å². The average Bonchev–Trinajstić information content (AvgIpc) is 3.18. The summed E-state index contributed by atoms with van der Waals surface area (Å²) >= 11 is 0.0596. The summed E-state index contributed by atoms with van der Waals surface area (Å²) in [7, 11) is 0. The molecule has 0 amide bonds. The predicted octanol–water partition coefficient (Wildman–Crippen LogP) is 6.44. The molecule has 0 N–H and O–H groups in total. The van der Waals surface area contributed by atoms with Crippen molar-refractivity contribution in [1.29, 1.82) is 0 Å². The van der Waals surface area contributed by atoms with E-state index in [0.717, 1.165) is 12.4 Å². The fraction of sp³-hybridized carbons (Fsp3) is 0.583. The first kappa shape index (κ1) is 23.5. The molecule has 0 bridgehead atoms. The second-order valence-corrected chi connectivity index (χ2v) is 19.8. The molecule has 0 radical (unpaired) electrons. The van der Waals surface area contributed by atoms with Crippen LogP contribution in [0.15, 0.2) is 35.7 Å². The second kappa shape index (κ2) is 12.7. The Balaban J connectivity index is 1.85. The van der Waals surface area contributed by atoms with Crippen molar-refractivity contribution in [2.75, 3.05) is 19.8 Å². The number of ether oxygens (including phenoxy) is 2. The van der Waals surface area contributed by atoms with E-state index >= 15 is 0 Å². The van der Waals surface area contributed by atoms with E-state index in [1.807, 2.05) is 18.3 Å². The van der Waals surface area contributed by atoms with Crippen molar-refractivity contribution in [2.24, 2.45) is 0 Å². The van der Waals surface area contributed by atoms with E-state index in [0.29, 0.717) is 13.2 Å².